The largest absolute Gasteiger partial charge is 0.483 e. The van der Waals surface area contributed by atoms with Crippen LogP contribution >= 0.6 is 15.9 Å². The van der Waals surface area contributed by atoms with Gasteiger partial charge in [0.1, 0.15) is 6.10 Å². The molecule has 1 fully saturated rings. The number of rotatable bonds is 4. The minimum Gasteiger partial charge on any atom is -0.483 e. The average Bonchev–Trinajstić information content (AvgIpc) is 2.38. The van der Waals surface area contributed by atoms with Crippen molar-refractivity contribution < 1.29 is 9.66 Å². The number of ether oxygens (including phenoxy) is 1. The quantitative estimate of drug-likeness (QED) is 0.670. The van der Waals surface area contributed by atoms with Crippen molar-refractivity contribution in [2.75, 3.05) is 0 Å². The fourth-order valence-corrected chi connectivity index (χ4v) is 3.22. The summed E-state index contributed by atoms with van der Waals surface area (Å²) in [6, 6.07) is 3.39. The highest BCUT2D eigenvalue weighted by Crippen LogP contribution is 2.47. The predicted molar refractivity (Wildman–Crippen MR) is 80.9 cm³/mol. The molecule has 5 nitrogen and oxygen atoms in total. The molecule has 0 amide bonds. The van der Waals surface area contributed by atoms with Crippen LogP contribution in [-0.2, 0) is 0 Å². The summed E-state index contributed by atoms with van der Waals surface area (Å²) in [5.41, 5.74) is 6.68. The van der Waals surface area contributed by atoms with Gasteiger partial charge in [-0.1, -0.05) is 29.8 Å². The predicted octanol–water partition coefficient (Wildman–Crippen LogP) is 3.56. The minimum absolute atomic E-state index is 0.00389. The Kier molecular flexibility index (Phi) is 4.07. The van der Waals surface area contributed by atoms with Crippen molar-refractivity contribution in [3.05, 3.63) is 32.3 Å². The zero-order valence-corrected chi connectivity index (χ0v) is 13.4. The number of nitrogens with two attached hydrogens (primary N) is 1. The Hall–Kier alpha value is -1.14. The highest BCUT2D eigenvalue weighted by atomic mass is 79.9. The second-order valence-corrected chi connectivity index (χ2v) is 6.55. The molecule has 0 spiro atoms. The summed E-state index contributed by atoms with van der Waals surface area (Å²) in [4.78, 5) is 10.8. The van der Waals surface area contributed by atoms with E-state index in [1.165, 1.54) is 6.07 Å². The third kappa shape index (κ3) is 2.42. The molecule has 1 aromatic carbocycles. The second kappa shape index (κ2) is 5.33. The van der Waals surface area contributed by atoms with Gasteiger partial charge < -0.3 is 10.5 Å². The van der Waals surface area contributed by atoms with Crippen LogP contribution in [0.5, 0.6) is 5.75 Å². The van der Waals surface area contributed by atoms with Crippen LogP contribution in [0.1, 0.15) is 32.3 Å². The van der Waals surface area contributed by atoms with Gasteiger partial charge >= 0.3 is 5.69 Å². The maximum absolute atomic E-state index is 11.2. The first-order valence-corrected chi connectivity index (χ1v) is 7.45. The van der Waals surface area contributed by atoms with Crippen LogP contribution in [0.2, 0.25) is 0 Å². The summed E-state index contributed by atoms with van der Waals surface area (Å²) < 4.78 is 6.64. The Balaban J connectivity index is 2.33. The molecule has 1 aliphatic rings. The van der Waals surface area contributed by atoms with E-state index in [4.69, 9.17) is 10.5 Å². The Bertz CT molecular complexity index is 549. The molecule has 2 rings (SSSR count). The fourth-order valence-electron chi connectivity index (χ4n) is 2.66. The highest BCUT2D eigenvalue weighted by molar-refractivity contribution is 9.10. The van der Waals surface area contributed by atoms with Crippen LogP contribution < -0.4 is 10.5 Å². The number of aryl methyl sites for hydroxylation is 1. The van der Waals surface area contributed by atoms with Gasteiger partial charge in [-0.2, -0.15) is 0 Å². The van der Waals surface area contributed by atoms with E-state index in [0.717, 1.165) is 18.4 Å². The van der Waals surface area contributed by atoms with E-state index in [2.05, 4.69) is 29.8 Å². The van der Waals surface area contributed by atoms with Crippen molar-refractivity contribution in [2.45, 2.75) is 45.8 Å². The summed E-state index contributed by atoms with van der Waals surface area (Å²) >= 11 is 3.28. The third-order valence-corrected chi connectivity index (χ3v) is 4.95. The maximum atomic E-state index is 11.2. The number of nitrogens with zero attached hydrogens (tertiary/aromatic N) is 1. The Labute approximate surface area is 126 Å². The molecule has 0 bridgehead atoms. The first-order valence-electron chi connectivity index (χ1n) is 6.66. The first kappa shape index (κ1) is 15.3. The normalized spacial score (nSPS) is 28.9. The SMILES string of the molecule is CCC1(C)C(N)CC1Oc1c(C)cc(Br)cc1[N+](=O)[O-]. The molecular weight excluding hydrogens is 324 g/mol. The van der Waals surface area contributed by atoms with Crippen molar-refractivity contribution in [2.24, 2.45) is 11.1 Å². The molecule has 0 aromatic heterocycles. The van der Waals surface area contributed by atoms with Crippen molar-refractivity contribution in [1.29, 1.82) is 0 Å². The lowest BCUT2D eigenvalue weighted by Crippen LogP contribution is -2.61. The zero-order valence-electron chi connectivity index (χ0n) is 11.9. The summed E-state index contributed by atoms with van der Waals surface area (Å²) in [5, 5.41) is 11.2. The van der Waals surface area contributed by atoms with Crippen molar-refractivity contribution >= 4 is 21.6 Å². The monoisotopic (exact) mass is 342 g/mol. The van der Waals surface area contributed by atoms with Gasteiger partial charge in [0.25, 0.3) is 0 Å². The van der Waals surface area contributed by atoms with E-state index in [1.807, 2.05) is 13.0 Å². The number of halogens is 1. The Morgan fingerprint density at radius 3 is 2.75 bits per heavy atom. The molecule has 1 aliphatic carbocycles. The lowest BCUT2D eigenvalue weighted by molar-refractivity contribution is -0.386. The molecule has 0 aliphatic heterocycles. The lowest BCUT2D eigenvalue weighted by Gasteiger charge is -2.51. The number of benzene rings is 1. The van der Waals surface area contributed by atoms with Crippen LogP contribution in [0.3, 0.4) is 0 Å². The molecule has 2 N–H and O–H groups in total. The van der Waals surface area contributed by atoms with E-state index in [-0.39, 0.29) is 23.2 Å². The van der Waals surface area contributed by atoms with Crippen LogP contribution in [-0.4, -0.2) is 17.1 Å². The highest BCUT2D eigenvalue weighted by Gasteiger charge is 2.50. The molecule has 20 heavy (non-hydrogen) atoms. The molecule has 0 radical (unpaired) electrons. The van der Waals surface area contributed by atoms with Crippen LogP contribution in [0.25, 0.3) is 0 Å². The van der Waals surface area contributed by atoms with Crippen molar-refractivity contribution in [1.82, 2.24) is 0 Å². The number of hydrogen-bond acceptors (Lipinski definition) is 4. The van der Waals surface area contributed by atoms with E-state index < -0.39 is 4.92 Å². The molecular formula is C14H19BrN2O3. The third-order valence-electron chi connectivity index (χ3n) is 4.49. The first-order chi connectivity index (χ1) is 9.29. The summed E-state index contributed by atoms with van der Waals surface area (Å²) in [6.07, 6.45) is 1.56. The van der Waals surface area contributed by atoms with Gasteiger partial charge in [-0.05, 0) is 25.0 Å². The van der Waals surface area contributed by atoms with Gasteiger partial charge in [-0.3, -0.25) is 10.1 Å². The van der Waals surface area contributed by atoms with Gasteiger partial charge in [0, 0.05) is 28.4 Å². The minimum atomic E-state index is -0.408. The molecule has 0 saturated heterocycles. The topological polar surface area (TPSA) is 78.4 Å². The molecule has 6 heteroatoms. The Morgan fingerprint density at radius 1 is 1.60 bits per heavy atom. The fraction of sp³-hybridized carbons (Fsp3) is 0.571. The standard InChI is InChI=1S/C14H19BrN2O3/c1-4-14(3)11(16)7-12(14)20-13-8(2)5-9(15)6-10(13)17(18)19/h5-6,11-12H,4,7,16H2,1-3H3. The Morgan fingerprint density at radius 2 is 2.25 bits per heavy atom. The van der Waals surface area contributed by atoms with Crippen LogP contribution in [0.15, 0.2) is 16.6 Å². The molecule has 1 aromatic rings. The number of hydrogen-bond donors (Lipinski definition) is 1. The molecule has 3 atom stereocenters. The van der Waals surface area contributed by atoms with Crippen LogP contribution in [0.4, 0.5) is 5.69 Å². The number of nitro groups is 1. The van der Waals surface area contributed by atoms with Gasteiger partial charge in [0.2, 0.25) is 0 Å². The molecule has 0 heterocycles. The van der Waals surface area contributed by atoms with E-state index >= 15 is 0 Å². The summed E-state index contributed by atoms with van der Waals surface area (Å²) in [7, 11) is 0. The van der Waals surface area contributed by atoms with Gasteiger partial charge in [-0.25, -0.2) is 0 Å². The van der Waals surface area contributed by atoms with Crippen LogP contribution in [0, 0.1) is 22.5 Å². The average molecular weight is 343 g/mol. The number of nitro benzene ring substituents is 1. The second-order valence-electron chi connectivity index (χ2n) is 5.64. The van der Waals surface area contributed by atoms with Gasteiger partial charge in [-0.15, -0.1) is 0 Å². The summed E-state index contributed by atoms with van der Waals surface area (Å²) in [6.45, 7) is 5.96. The van der Waals surface area contributed by atoms with Gasteiger partial charge in [0.15, 0.2) is 5.75 Å². The lowest BCUT2D eigenvalue weighted by atomic mass is 9.62. The van der Waals surface area contributed by atoms with Crippen molar-refractivity contribution in [3.63, 3.8) is 0 Å². The molecule has 1 saturated carbocycles. The molecule has 3 unspecified atom stereocenters. The molecule has 110 valence electrons. The van der Waals surface area contributed by atoms with E-state index in [0.29, 0.717) is 10.2 Å². The van der Waals surface area contributed by atoms with E-state index in [1.54, 1.807) is 0 Å². The maximum Gasteiger partial charge on any atom is 0.312 e. The van der Waals surface area contributed by atoms with E-state index in [9.17, 15) is 10.1 Å². The van der Waals surface area contributed by atoms with Crippen molar-refractivity contribution in [3.8, 4) is 5.75 Å². The summed E-state index contributed by atoms with van der Waals surface area (Å²) in [5.74, 6) is 0.356. The zero-order chi connectivity index (χ0) is 15.1. The smallest absolute Gasteiger partial charge is 0.312 e. The van der Waals surface area contributed by atoms with Gasteiger partial charge in [0.05, 0.1) is 4.92 Å².